The minimum atomic E-state index is -3.22. The Kier molecular flexibility index (Phi) is 4.98. The van der Waals surface area contributed by atoms with Crippen molar-refractivity contribution < 1.29 is 13.2 Å². The number of hydrogen-bond donors (Lipinski definition) is 1. The lowest BCUT2D eigenvalue weighted by Gasteiger charge is -2.07. The second-order valence-electron chi connectivity index (χ2n) is 5.19. The fourth-order valence-electron chi connectivity index (χ4n) is 2.07. The monoisotopic (exact) mass is 317 g/mol. The van der Waals surface area contributed by atoms with Gasteiger partial charge in [0.1, 0.15) is 0 Å². The second-order valence-corrected chi connectivity index (χ2v) is 7.21. The largest absolute Gasteiger partial charge is 0.326 e. The molecule has 5 heteroatoms. The molecule has 2 aromatic rings. The van der Waals surface area contributed by atoms with Crippen LogP contribution < -0.4 is 5.32 Å². The zero-order valence-electron chi connectivity index (χ0n) is 12.7. The summed E-state index contributed by atoms with van der Waals surface area (Å²) in [5, 5.41) is 2.76. The third kappa shape index (κ3) is 4.43. The highest BCUT2D eigenvalue weighted by Crippen LogP contribution is 2.14. The molecule has 0 aliphatic heterocycles. The molecule has 4 nitrogen and oxygen atoms in total. The van der Waals surface area contributed by atoms with Gasteiger partial charge in [-0.15, -0.1) is 0 Å². The molecule has 0 fully saturated rings. The zero-order chi connectivity index (χ0) is 16.2. The van der Waals surface area contributed by atoms with E-state index in [1.807, 2.05) is 24.3 Å². The highest BCUT2D eigenvalue weighted by atomic mass is 32.2. The Labute approximate surface area is 131 Å². The van der Waals surface area contributed by atoms with Crippen molar-refractivity contribution in [2.75, 3.05) is 11.6 Å². The summed E-state index contributed by atoms with van der Waals surface area (Å²) >= 11 is 0. The first-order valence-electron chi connectivity index (χ1n) is 7.06. The molecule has 2 aromatic carbocycles. The number of aryl methyl sites for hydroxylation is 1. The maximum absolute atomic E-state index is 12.0. The van der Waals surface area contributed by atoms with Crippen LogP contribution in [0, 0.1) is 0 Å². The Morgan fingerprint density at radius 3 is 2.00 bits per heavy atom. The van der Waals surface area contributed by atoms with E-state index >= 15 is 0 Å². The number of amides is 1. The summed E-state index contributed by atoms with van der Waals surface area (Å²) in [5.41, 5.74) is 2.77. The molecule has 1 N–H and O–H groups in total. The van der Waals surface area contributed by atoms with Gasteiger partial charge in [0.15, 0.2) is 9.84 Å². The quantitative estimate of drug-likeness (QED) is 0.922. The van der Waals surface area contributed by atoms with Crippen LogP contribution >= 0.6 is 0 Å². The van der Waals surface area contributed by atoms with Gasteiger partial charge in [0.05, 0.1) is 11.3 Å². The van der Waals surface area contributed by atoms with Crippen molar-refractivity contribution in [3.05, 3.63) is 59.7 Å². The molecule has 116 valence electrons. The predicted octanol–water partition coefficient (Wildman–Crippen LogP) is 2.83. The van der Waals surface area contributed by atoms with Crippen molar-refractivity contribution in [3.8, 4) is 0 Å². The zero-order valence-corrected chi connectivity index (χ0v) is 13.5. The summed E-state index contributed by atoms with van der Waals surface area (Å²) in [6.07, 6.45) is 2.41. The molecule has 0 aliphatic carbocycles. The topological polar surface area (TPSA) is 63.2 Å². The molecule has 2 rings (SSSR count). The number of rotatable bonds is 5. The van der Waals surface area contributed by atoms with Crippen molar-refractivity contribution in [2.24, 2.45) is 0 Å². The predicted molar refractivity (Wildman–Crippen MR) is 87.7 cm³/mol. The van der Waals surface area contributed by atoms with Crippen molar-refractivity contribution >= 4 is 21.4 Å². The molecular weight excluding hydrogens is 298 g/mol. The van der Waals surface area contributed by atoms with Gasteiger partial charge >= 0.3 is 0 Å². The summed E-state index contributed by atoms with van der Waals surface area (Å²) in [5.74, 6) is -0.128. The van der Waals surface area contributed by atoms with Gasteiger partial charge in [-0.2, -0.15) is 0 Å². The van der Waals surface area contributed by atoms with Crippen LogP contribution in [0.4, 0.5) is 5.69 Å². The van der Waals surface area contributed by atoms with Gasteiger partial charge in [-0.05, 0) is 41.8 Å². The number of benzene rings is 2. The Balaban J connectivity index is 1.99. The van der Waals surface area contributed by atoms with Crippen molar-refractivity contribution in [3.63, 3.8) is 0 Å². The number of sulfone groups is 1. The number of hydrogen-bond acceptors (Lipinski definition) is 3. The van der Waals surface area contributed by atoms with Crippen LogP contribution in [0.3, 0.4) is 0 Å². The first-order valence-corrected chi connectivity index (χ1v) is 8.95. The molecule has 0 atom stereocenters. The van der Waals surface area contributed by atoms with Crippen molar-refractivity contribution in [1.82, 2.24) is 0 Å². The Hall–Kier alpha value is -2.14. The first kappa shape index (κ1) is 16.2. The Morgan fingerprint density at radius 1 is 0.955 bits per heavy atom. The third-order valence-corrected chi connectivity index (χ3v) is 4.49. The molecule has 0 heterocycles. The minimum absolute atomic E-state index is 0.128. The standard InChI is InChI=1S/C17H19NO3S/c1-3-13-4-6-14(7-5-13)12-17(19)18-15-8-10-16(11-9-15)22(2,20)21/h4-11H,3,12H2,1-2H3,(H,18,19). The smallest absolute Gasteiger partial charge is 0.228 e. The second kappa shape index (κ2) is 6.75. The van der Waals surface area contributed by atoms with Gasteiger partial charge in [-0.1, -0.05) is 31.2 Å². The summed E-state index contributed by atoms with van der Waals surface area (Å²) in [4.78, 5) is 12.2. The maximum Gasteiger partial charge on any atom is 0.228 e. The molecule has 22 heavy (non-hydrogen) atoms. The molecule has 0 aliphatic rings. The molecule has 0 radical (unpaired) electrons. The number of carbonyl (C=O) groups is 1. The lowest BCUT2D eigenvalue weighted by atomic mass is 10.1. The van der Waals surface area contributed by atoms with E-state index in [0.29, 0.717) is 5.69 Å². The van der Waals surface area contributed by atoms with Crippen molar-refractivity contribution in [2.45, 2.75) is 24.7 Å². The SMILES string of the molecule is CCc1ccc(CC(=O)Nc2ccc(S(C)(=O)=O)cc2)cc1. The lowest BCUT2D eigenvalue weighted by Crippen LogP contribution is -2.14. The van der Waals surface area contributed by atoms with E-state index in [0.717, 1.165) is 18.2 Å². The number of nitrogens with one attached hydrogen (secondary N) is 1. The van der Waals surface area contributed by atoms with Gasteiger partial charge < -0.3 is 5.32 Å². The van der Waals surface area contributed by atoms with Crippen LogP contribution in [0.25, 0.3) is 0 Å². The van der Waals surface area contributed by atoms with E-state index in [1.165, 1.54) is 17.7 Å². The van der Waals surface area contributed by atoms with Gasteiger partial charge in [0.25, 0.3) is 0 Å². The summed E-state index contributed by atoms with van der Waals surface area (Å²) < 4.78 is 22.7. The minimum Gasteiger partial charge on any atom is -0.326 e. The van der Waals surface area contributed by atoms with Gasteiger partial charge in [-0.25, -0.2) is 8.42 Å². The molecule has 1 amide bonds. The van der Waals surface area contributed by atoms with Crippen LogP contribution in [0.1, 0.15) is 18.1 Å². The Morgan fingerprint density at radius 2 is 1.50 bits per heavy atom. The average Bonchev–Trinajstić information content (AvgIpc) is 2.47. The van der Waals surface area contributed by atoms with Gasteiger partial charge in [0.2, 0.25) is 5.91 Å². The number of carbonyl (C=O) groups excluding carboxylic acids is 1. The van der Waals surface area contributed by atoms with E-state index in [1.54, 1.807) is 12.1 Å². The molecule has 0 spiro atoms. The fraction of sp³-hybridized carbons (Fsp3) is 0.235. The van der Waals surface area contributed by atoms with Gasteiger partial charge in [-0.3, -0.25) is 4.79 Å². The summed E-state index contributed by atoms with van der Waals surface area (Å²) in [6.45, 7) is 2.09. The molecule has 0 unspecified atom stereocenters. The van der Waals surface area contributed by atoms with Crippen LogP contribution in [0.2, 0.25) is 0 Å². The normalized spacial score (nSPS) is 11.2. The summed E-state index contributed by atoms with van der Waals surface area (Å²) in [7, 11) is -3.22. The maximum atomic E-state index is 12.0. The van der Waals surface area contributed by atoms with Crippen LogP contribution in [-0.4, -0.2) is 20.6 Å². The summed E-state index contributed by atoms with van der Waals surface area (Å²) in [6, 6.07) is 14.1. The van der Waals surface area contributed by atoms with E-state index in [4.69, 9.17) is 0 Å². The Bertz CT molecular complexity index is 747. The highest BCUT2D eigenvalue weighted by molar-refractivity contribution is 7.90. The van der Waals surface area contributed by atoms with Crippen LogP contribution in [0.15, 0.2) is 53.4 Å². The van der Waals surface area contributed by atoms with Crippen LogP contribution in [-0.2, 0) is 27.5 Å². The highest BCUT2D eigenvalue weighted by Gasteiger charge is 2.08. The van der Waals surface area contributed by atoms with E-state index < -0.39 is 9.84 Å². The van der Waals surface area contributed by atoms with E-state index in [9.17, 15) is 13.2 Å². The van der Waals surface area contributed by atoms with E-state index in [-0.39, 0.29) is 17.2 Å². The number of anilines is 1. The van der Waals surface area contributed by atoms with Crippen molar-refractivity contribution in [1.29, 1.82) is 0 Å². The third-order valence-electron chi connectivity index (χ3n) is 3.36. The average molecular weight is 317 g/mol. The molecule has 0 aromatic heterocycles. The fourth-order valence-corrected chi connectivity index (χ4v) is 2.70. The lowest BCUT2D eigenvalue weighted by molar-refractivity contribution is -0.115. The van der Waals surface area contributed by atoms with Gasteiger partial charge in [0, 0.05) is 11.9 Å². The first-order chi connectivity index (χ1) is 10.4. The molecular formula is C17H19NO3S. The molecule has 0 bridgehead atoms. The van der Waals surface area contributed by atoms with E-state index in [2.05, 4.69) is 12.2 Å². The molecule has 0 saturated heterocycles. The van der Waals surface area contributed by atoms with Crippen LogP contribution in [0.5, 0.6) is 0 Å². The molecule has 0 saturated carbocycles.